The molecular weight excluding hydrogens is 657 g/mol. The van der Waals surface area contributed by atoms with Crippen molar-refractivity contribution in [1.82, 2.24) is 10.2 Å². The van der Waals surface area contributed by atoms with Gasteiger partial charge in [0.05, 0.1) is 22.7 Å². The minimum atomic E-state index is -4.28. The minimum absolute atomic E-state index is 0.00148. The SMILES string of the molecule is COc1ccc(N(CC(=O)N(Cc2ccc(Cl)cc2)[C@@H](Cc2ccccc2)C(=O)NC(C)(C)C)S(=O)(=O)c2ccc(C)cc2)cc1Cl. The Morgan fingerprint density at radius 3 is 2.09 bits per heavy atom. The largest absolute Gasteiger partial charge is 0.495 e. The molecule has 4 aromatic rings. The second kappa shape index (κ2) is 15.2. The summed E-state index contributed by atoms with van der Waals surface area (Å²) in [6.45, 7) is 6.84. The number of carbonyl (C=O) groups excluding carboxylic acids is 2. The van der Waals surface area contributed by atoms with E-state index < -0.39 is 34.1 Å². The number of anilines is 1. The molecule has 1 atom stereocenters. The highest BCUT2D eigenvalue weighted by atomic mass is 35.5. The maximum atomic E-state index is 14.6. The predicted molar refractivity (Wildman–Crippen MR) is 188 cm³/mol. The van der Waals surface area contributed by atoms with Crippen LogP contribution < -0.4 is 14.4 Å². The van der Waals surface area contributed by atoms with Crippen LogP contribution in [0.1, 0.15) is 37.5 Å². The third-order valence-corrected chi connectivity index (χ3v) is 9.68. The first-order valence-corrected chi connectivity index (χ1v) is 17.2. The number of carbonyl (C=O) groups is 2. The zero-order chi connectivity index (χ0) is 34.4. The average Bonchev–Trinajstić information content (AvgIpc) is 3.02. The first kappa shape index (κ1) is 35.8. The lowest BCUT2D eigenvalue weighted by Gasteiger charge is -2.35. The molecule has 0 unspecified atom stereocenters. The van der Waals surface area contributed by atoms with Gasteiger partial charge in [-0.05, 0) is 81.3 Å². The fraction of sp³-hybridized carbons (Fsp3) is 0.278. The Balaban J connectivity index is 1.84. The van der Waals surface area contributed by atoms with Crippen LogP contribution in [0.15, 0.2) is 102 Å². The van der Waals surface area contributed by atoms with Gasteiger partial charge in [0.25, 0.3) is 10.0 Å². The van der Waals surface area contributed by atoms with E-state index in [2.05, 4.69) is 5.32 Å². The lowest BCUT2D eigenvalue weighted by molar-refractivity contribution is -0.140. The Bertz CT molecular complexity index is 1790. The maximum Gasteiger partial charge on any atom is 0.264 e. The summed E-state index contributed by atoms with van der Waals surface area (Å²) in [6.07, 6.45) is 0.196. The monoisotopic (exact) mass is 695 g/mol. The van der Waals surface area contributed by atoms with Gasteiger partial charge in [-0.1, -0.05) is 83.4 Å². The van der Waals surface area contributed by atoms with Crippen molar-refractivity contribution in [1.29, 1.82) is 0 Å². The molecular formula is C36H39Cl2N3O5S. The fourth-order valence-electron chi connectivity index (χ4n) is 4.97. The number of nitrogens with zero attached hydrogens (tertiary/aromatic N) is 2. The maximum absolute atomic E-state index is 14.6. The molecule has 0 aromatic heterocycles. The molecule has 47 heavy (non-hydrogen) atoms. The molecule has 0 saturated heterocycles. The Morgan fingerprint density at radius 2 is 1.51 bits per heavy atom. The highest BCUT2D eigenvalue weighted by Gasteiger charge is 2.35. The molecule has 11 heteroatoms. The molecule has 2 amide bonds. The summed E-state index contributed by atoms with van der Waals surface area (Å²) >= 11 is 12.6. The van der Waals surface area contributed by atoms with Crippen molar-refractivity contribution in [3.05, 3.63) is 124 Å². The van der Waals surface area contributed by atoms with Gasteiger partial charge < -0.3 is 15.0 Å². The highest BCUT2D eigenvalue weighted by molar-refractivity contribution is 7.92. The number of ether oxygens (including phenoxy) is 1. The summed E-state index contributed by atoms with van der Waals surface area (Å²) in [6, 6.07) is 26.2. The number of hydrogen-bond acceptors (Lipinski definition) is 5. The summed E-state index contributed by atoms with van der Waals surface area (Å²) in [5.74, 6) is -0.614. The van der Waals surface area contributed by atoms with E-state index in [1.165, 1.54) is 36.3 Å². The Kier molecular flexibility index (Phi) is 11.6. The van der Waals surface area contributed by atoms with Crippen LogP contribution in [-0.2, 0) is 32.6 Å². The van der Waals surface area contributed by atoms with Crippen molar-refractivity contribution in [3.8, 4) is 5.75 Å². The van der Waals surface area contributed by atoms with E-state index >= 15 is 0 Å². The molecule has 0 saturated carbocycles. The van der Waals surface area contributed by atoms with E-state index in [0.717, 1.165) is 15.4 Å². The molecule has 0 spiro atoms. The lowest BCUT2D eigenvalue weighted by Crippen LogP contribution is -2.56. The van der Waals surface area contributed by atoms with Crippen LogP contribution in [0, 0.1) is 6.92 Å². The molecule has 0 fully saturated rings. The standard InChI is InChI=1S/C36H39Cl2N3O5S/c1-25-11-18-30(19-12-25)47(44,45)41(29-17-20-33(46-5)31(38)22-29)24-34(42)40(23-27-13-15-28(37)16-14-27)32(35(43)39-36(2,3)4)21-26-9-7-6-8-10-26/h6-20,22,32H,21,23-24H2,1-5H3,(H,39,43)/t32-/m0/s1. The van der Waals surface area contributed by atoms with E-state index in [4.69, 9.17) is 27.9 Å². The minimum Gasteiger partial charge on any atom is -0.495 e. The molecule has 4 aromatic carbocycles. The van der Waals surface area contributed by atoms with E-state index in [1.54, 1.807) is 42.5 Å². The van der Waals surface area contributed by atoms with Crippen LogP contribution in [0.3, 0.4) is 0 Å². The molecule has 0 radical (unpaired) electrons. The molecule has 8 nitrogen and oxygen atoms in total. The molecule has 0 aliphatic rings. The number of benzene rings is 4. The Morgan fingerprint density at radius 1 is 0.872 bits per heavy atom. The number of hydrogen-bond donors (Lipinski definition) is 1. The summed E-state index contributed by atoms with van der Waals surface area (Å²) < 4.78 is 34.8. The molecule has 1 N–H and O–H groups in total. The summed E-state index contributed by atoms with van der Waals surface area (Å²) in [5, 5.41) is 3.71. The topological polar surface area (TPSA) is 96.0 Å². The molecule has 248 valence electrons. The zero-order valence-corrected chi connectivity index (χ0v) is 29.4. The molecule has 0 aliphatic carbocycles. The van der Waals surface area contributed by atoms with Crippen LogP contribution in [-0.4, -0.2) is 50.4 Å². The highest BCUT2D eigenvalue weighted by Crippen LogP contribution is 2.32. The number of rotatable bonds is 12. The predicted octanol–water partition coefficient (Wildman–Crippen LogP) is 7.06. The number of amides is 2. The summed E-state index contributed by atoms with van der Waals surface area (Å²) in [4.78, 5) is 30.0. The van der Waals surface area contributed by atoms with Crippen molar-refractivity contribution in [2.45, 2.75) is 57.1 Å². The van der Waals surface area contributed by atoms with Crippen molar-refractivity contribution >= 4 is 50.7 Å². The summed E-state index contributed by atoms with van der Waals surface area (Å²) in [7, 11) is -2.83. The van der Waals surface area contributed by atoms with Gasteiger partial charge in [0.1, 0.15) is 18.3 Å². The van der Waals surface area contributed by atoms with Crippen molar-refractivity contribution < 1.29 is 22.7 Å². The van der Waals surface area contributed by atoms with Gasteiger partial charge in [-0.2, -0.15) is 0 Å². The second-order valence-electron chi connectivity index (χ2n) is 12.2. The molecule has 0 heterocycles. The van der Waals surface area contributed by atoms with Crippen molar-refractivity contribution in [3.63, 3.8) is 0 Å². The molecule has 4 rings (SSSR count). The van der Waals surface area contributed by atoms with Crippen molar-refractivity contribution in [2.24, 2.45) is 0 Å². The van der Waals surface area contributed by atoms with Crippen LogP contribution in [0.2, 0.25) is 10.0 Å². The van der Waals surface area contributed by atoms with Crippen LogP contribution in [0.4, 0.5) is 5.69 Å². The number of halogens is 2. The zero-order valence-electron chi connectivity index (χ0n) is 27.0. The van der Waals surface area contributed by atoms with Gasteiger partial charge in [-0.3, -0.25) is 13.9 Å². The number of aryl methyl sites for hydroxylation is 1. The normalized spacial score (nSPS) is 12.2. The van der Waals surface area contributed by atoms with Gasteiger partial charge in [-0.25, -0.2) is 8.42 Å². The Hall–Kier alpha value is -4.05. The molecule has 0 bridgehead atoms. The van der Waals surface area contributed by atoms with Gasteiger partial charge in [0.15, 0.2) is 0 Å². The van der Waals surface area contributed by atoms with E-state index in [-0.39, 0.29) is 34.5 Å². The van der Waals surface area contributed by atoms with Crippen LogP contribution in [0.5, 0.6) is 5.75 Å². The number of methoxy groups -OCH3 is 1. The average molecular weight is 697 g/mol. The fourth-order valence-corrected chi connectivity index (χ4v) is 6.75. The van der Waals surface area contributed by atoms with Crippen molar-refractivity contribution in [2.75, 3.05) is 18.0 Å². The molecule has 0 aliphatic heterocycles. The van der Waals surface area contributed by atoms with Gasteiger partial charge in [0.2, 0.25) is 11.8 Å². The first-order valence-electron chi connectivity index (χ1n) is 15.0. The Labute approximate surface area is 287 Å². The van der Waals surface area contributed by atoms with Gasteiger partial charge in [-0.15, -0.1) is 0 Å². The number of nitrogens with one attached hydrogen (secondary N) is 1. The third-order valence-electron chi connectivity index (χ3n) is 7.35. The van der Waals surface area contributed by atoms with Gasteiger partial charge in [0, 0.05) is 23.5 Å². The van der Waals surface area contributed by atoms with E-state index in [1.807, 2.05) is 58.0 Å². The van der Waals surface area contributed by atoms with E-state index in [0.29, 0.717) is 16.3 Å². The second-order valence-corrected chi connectivity index (χ2v) is 14.9. The van der Waals surface area contributed by atoms with Crippen LogP contribution >= 0.6 is 23.2 Å². The van der Waals surface area contributed by atoms with Crippen LogP contribution in [0.25, 0.3) is 0 Å². The quantitative estimate of drug-likeness (QED) is 0.171. The number of sulfonamides is 1. The van der Waals surface area contributed by atoms with E-state index in [9.17, 15) is 18.0 Å². The smallest absolute Gasteiger partial charge is 0.264 e. The summed E-state index contributed by atoms with van der Waals surface area (Å²) in [5.41, 5.74) is 1.99. The lowest BCUT2D eigenvalue weighted by atomic mass is 10.0. The van der Waals surface area contributed by atoms with Gasteiger partial charge >= 0.3 is 0 Å². The third kappa shape index (κ3) is 9.50. The first-order chi connectivity index (χ1) is 22.2.